The van der Waals surface area contributed by atoms with Crippen LogP contribution in [0.4, 0.5) is 5.69 Å². The summed E-state index contributed by atoms with van der Waals surface area (Å²) in [6.45, 7) is 10.1. The number of aliphatic hydroxyl groups excluding tert-OH is 1. The molecule has 4 N–H and O–H groups in total. The fourth-order valence-electron chi connectivity index (χ4n) is 13.4. The van der Waals surface area contributed by atoms with Crippen molar-refractivity contribution in [2.75, 3.05) is 64.1 Å². The fourth-order valence-corrected chi connectivity index (χ4v) is 14.2. The summed E-state index contributed by atoms with van der Waals surface area (Å²) in [5.41, 5.74) is 1.64. The third-order valence-electron chi connectivity index (χ3n) is 15.8. The molecule has 5 aliphatic heterocycles. The Balaban J connectivity index is 1.18. The minimum Gasteiger partial charge on any atom is -0.496 e. The number of nitrogens with one attached hydrogen (secondary N) is 2. The number of fused-ring (bicyclic) bond motifs is 6. The molecule has 1 spiro atoms. The lowest BCUT2D eigenvalue weighted by molar-refractivity contribution is -0.203. The van der Waals surface area contributed by atoms with Crippen molar-refractivity contribution in [1.82, 2.24) is 20.1 Å². The van der Waals surface area contributed by atoms with Gasteiger partial charge in [0.25, 0.3) is 5.91 Å². The number of aromatic amines is 1. The lowest BCUT2D eigenvalue weighted by atomic mass is 9.47. The molecule has 10 rings (SSSR count). The van der Waals surface area contributed by atoms with Crippen molar-refractivity contribution in [1.29, 1.82) is 0 Å². The SMILES string of the molecule is CCC1=CC2CN(CCc3c([nH]c4ccccc34)C(OC(C)=O)(c3cc4c(cc3OC)N(C)C3C(O)(C(=O)NCCSc5ccccc5)C(O)C5(CC)C=CCN6CCC43C65)C2)C1. The Morgan fingerprint density at radius 2 is 1.83 bits per heavy atom. The van der Waals surface area contributed by atoms with E-state index >= 15 is 0 Å². The second-order valence-electron chi connectivity index (χ2n) is 18.9. The third-order valence-corrected chi connectivity index (χ3v) is 16.8. The fraction of sp³-hybridized carbons (Fsp3) is 0.490. The first-order valence-electron chi connectivity index (χ1n) is 22.9. The number of ether oxygens (including phenoxy) is 2. The maximum atomic E-state index is 15.0. The molecular weight excluding hydrogens is 811 g/mol. The summed E-state index contributed by atoms with van der Waals surface area (Å²) in [5, 5.41) is 30.5. The van der Waals surface area contributed by atoms with Crippen LogP contribution >= 0.6 is 11.8 Å². The van der Waals surface area contributed by atoms with Crippen molar-refractivity contribution < 1.29 is 29.3 Å². The molecule has 11 nitrogen and oxygen atoms in total. The first-order chi connectivity index (χ1) is 30.4. The van der Waals surface area contributed by atoms with E-state index < -0.39 is 46.1 Å². The Bertz CT molecular complexity index is 2510. The van der Waals surface area contributed by atoms with Gasteiger partial charge in [-0.05, 0) is 73.5 Å². The van der Waals surface area contributed by atoms with Gasteiger partial charge in [-0.25, -0.2) is 0 Å². The van der Waals surface area contributed by atoms with Crippen LogP contribution in [0.5, 0.6) is 5.75 Å². The number of nitrogens with zero attached hydrogens (tertiary/aromatic N) is 3. The molecule has 4 aromatic rings. The van der Waals surface area contributed by atoms with E-state index in [9.17, 15) is 19.8 Å². The van der Waals surface area contributed by atoms with Crippen LogP contribution in [0, 0.1) is 11.3 Å². The van der Waals surface area contributed by atoms with E-state index in [-0.39, 0.29) is 12.0 Å². The van der Waals surface area contributed by atoms with Crippen molar-refractivity contribution in [3.63, 3.8) is 0 Å². The van der Waals surface area contributed by atoms with Crippen molar-refractivity contribution in [2.45, 2.75) is 92.6 Å². The summed E-state index contributed by atoms with van der Waals surface area (Å²) in [5.74, 6) is 0.257. The largest absolute Gasteiger partial charge is 0.496 e. The van der Waals surface area contributed by atoms with Crippen LogP contribution in [0.3, 0.4) is 0 Å². The lowest BCUT2D eigenvalue weighted by Gasteiger charge is -2.63. The molecule has 9 unspecified atom stereocenters. The van der Waals surface area contributed by atoms with Crippen LogP contribution in [-0.4, -0.2) is 120 Å². The number of hydrogen-bond donors (Lipinski definition) is 4. The zero-order valence-corrected chi connectivity index (χ0v) is 38.0. The number of likely N-dealkylation sites (N-methyl/N-ethyl adjacent to an activating group) is 1. The second kappa shape index (κ2) is 15.8. The number of carbonyl (C=O) groups excluding carboxylic acids is 2. The van der Waals surface area contributed by atoms with E-state index in [1.54, 1.807) is 18.9 Å². The molecule has 12 heteroatoms. The van der Waals surface area contributed by atoms with Gasteiger partial charge in [0, 0.05) is 109 Å². The monoisotopic (exact) mass is 871 g/mol. The summed E-state index contributed by atoms with van der Waals surface area (Å²) < 4.78 is 13.4. The van der Waals surface area contributed by atoms with Crippen LogP contribution < -0.4 is 15.0 Å². The number of H-pyrrole nitrogens is 1. The Labute approximate surface area is 374 Å². The molecule has 6 aliphatic rings. The number of aromatic nitrogens is 1. The highest BCUT2D eigenvalue weighted by Crippen LogP contribution is 2.67. The molecule has 1 aliphatic carbocycles. The Morgan fingerprint density at radius 3 is 2.59 bits per heavy atom. The predicted molar refractivity (Wildman–Crippen MR) is 247 cm³/mol. The molecule has 6 heterocycles. The average Bonchev–Trinajstić information content (AvgIpc) is 3.96. The van der Waals surface area contributed by atoms with Gasteiger partial charge in [0.05, 0.1) is 18.8 Å². The van der Waals surface area contributed by atoms with Crippen molar-refractivity contribution in [3.05, 3.63) is 113 Å². The highest BCUT2D eigenvalue weighted by atomic mass is 32.2. The topological polar surface area (TPSA) is 131 Å². The van der Waals surface area contributed by atoms with Crippen LogP contribution in [0.15, 0.2) is 95.4 Å². The number of para-hydroxylation sites is 1. The number of benzene rings is 3. The number of methoxy groups -OCH3 is 1. The number of carbonyl (C=O) groups is 2. The minimum absolute atomic E-state index is 0.0637. The second-order valence-corrected chi connectivity index (χ2v) is 20.0. The van der Waals surface area contributed by atoms with Gasteiger partial charge >= 0.3 is 5.97 Å². The molecule has 1 amide bonds. The van der Waals surface area contributed by atoms with Gasteiger partial charge in [-0.15, -0.1) is 11.8 Å². The average molecular weight is 872 g/mol. The zero-order valence-electron chi connectivity index (χ0n) is 37.2. The molecule has 3 aromatic carbocycles. The molecule has 1 saturated heterocycles. The van der Waals surface area contributed by atoms with Gasteiger partial charge in [-0.3, -0.25) is 19.4 Å². The van der Waals surface area contributed by atoms with Crippen molar-refractivity contribution in [2.24, 2.45) is 11.3 Å². The number of thioether (sulfide) groups is 1. The molecule has 2 bridgehead atoms. The molecule has 0 radical (unpaired) electrons. The maximum Gasteiger partial charge on any atom is 0.303 e. The predicted octanol–water partition coefficient (Wildman–Crippen LogP) is 6.31. The van der Waals surface area contributed by atoms with E-state index in [1.807, 2.05) is 54.4 Å². The molecule has 2 fully saturated rings. The Morgan fingerprint density at radius 1 is 1.03 bits per heavy atom. The number of hydrogen-bond acceptors (Lipinski definition) is 10. The van der Waals surface area contributed by atoms with Crippen molar-refractivity contribution >= 4 is 40.2 Å². The van der Waals surface area contributed by atoms with Gasteiger partial charge in [-0.1, -0.05) is 74.0 Å². The van der Waals surface area contributed by atoms with Crippen molar-refractivity contribution in [3.8, 4) is 5.75 Å². The Kier molecular flexibility index (Phi) is 10.6. The Hall–Kier alpha value is -4.59. The summed E-state index contributed by atoms with van der Waals surface area (Å²) >= 11 is 1.64. The minimum atomic E-state index is -2.20. The zero-order chi connectivity index (χ0) is 43.9. The van der Waals surface area contributed by atoms with Gasteiger partial charge in [0.1, 0.15) is 11.9 Å². The highest BCUT2D eigenvalue weighted by molar-refractivity contribution is 7.99. The summed E-state index contributed by atoms with van der Waals surface area (Å²) in [6.07, 6.45) is 8.56. The van der Waals surface area contributed by atoms with Gasteiger partial charge < -0.3 is 34.9 Å². The molecule has 9 atom stereocenters. The maximum absolute atomic E-state index is 15.0. The van der Waals surface area contributed by atoms with Crippen LogP contribution in [0.1, 0.15) is 68.8 Å². The van der Waals surface area contributed by atoms with E-state index in [0.29, 0.717) is 43.9 Å². The van der Waals surface area contributed by atoms with Crippen LogP contribution in [-0.2, 0) is 31.8 Å². The van der Waals surface area contributed by atoms with Crippen LogP contribution in [0.2, 0.25) is 0 Å². The number of rotatable bonds is 10. The van der Waals surface area contributed by atoms with E-state index in [4.69, 9.17) is 9.47 Å². The standard InChI is InChI=1S/C51H61N5O6S/c1-6-33-26-34-29-50(62-32(3)57,43-37(18-23-55(30-33)31-34)36-16-11-12-17-40(36)53-43)39-27-38-41(28-42(39)61-5)54(4)45-49(38)20-24-56-22-13-19-48(7-2,44(49)56)46(58)51(45,60)47(59)52-21-25-63-35-14-9-8-10-15-35/h8-17,19,26-28,34,44-46,53,58,60H,6-7,18,20-25,29-31H2,1-5H3,(H,52,59). The normalized spacial score (nSPS) is 33.0. The third kappa shape index (κ3) is 6.21. The molecule has 63 heavy (non-hydrogen) atoms. The van der Waals surface area contributed by atoms with Gasteiger partial charge in [0.15, 0.2) is 11.2 Å². The van der Waals surface area contributed by atoms with Gasteiger partial charge in [0.2, 0.25) is 0 Å². The lowest BCUT2D eigenvalue weighted by Crippen LogP contribution is -2.81. The molecular formula is C51H61N5O6S. The quantitative estimate of drug-likeness (QED) is 0.0623. The summed E-state index contributed by atoms with van der Waals surface area (Å²) in [7, 11) is 3.61. The number of amides is 1. The van der Waals surface area contributed by atoms with E-state index in [2.05, 4.69) is 76.4 Å². The molecule has 1 saturated carbocycles. The highest BCUT2D eigenvalue weighted by Gasteiger charge is 2.78. The summed E-state index contributed by atoms with van der Waals surface area (Å²) in [6, 6.07) is 21.6. The number of esters is 1. The first-order valence-corrected chi connectivity index (χ1v) is 23.9. The molecule has 332 valence electrons. The summed E-state index contributed by atoms with van der Waals surface area (Å²) in [4.78, 5) is 40.8. The number of aliphatic hydroxyl groups is 2. The van der Waals surface area contributed by atoms with Gasteiger partial charge in [-0.2, -0.15) is 0 Å². The first kappa shape index (κ1) is 42.4. The number of anilines is 1. The van der Waals surface area contributed by atoms with E-state index in [1.165, 1.54) is 12.5 Å². The molecule has 1 aromatic heterocycles. The smallest absolute Gasteiger partial charge is 0.303 e. The van der Waals surface area contributed by atoms with Crippen LogP contribution in [0.25, 0.3) is 10.9 Å². The van der Waals surface area contributed by atoms with E-state index in [0.717, 1.165) is 82.9 Å².